The van der Waals surface area contributed by atoms with E-state index < -0.39 is 12.2 Å². The number of amides is 1. The van der Waals surface area contributed by atoms with Gasteiger partial charge in [-0.25, -0.2) is 4.99 Å². The van der Waals surface area contributed by atoms with E-state index in [0.29, 0.717) is 52.3 Å². The Morgan fingerprint density at radius 2 is 2.07 bits per heavy atom. The van der Waals surface area contributed by atoms with Crippen molar-refractivity contribution in [3.05, 3.63) is 52.0 Å². The number of carbonyl (C=O) groups excluding carboxylic acids is 1. The van der Waals surface area contributed by atoms with Crippen LogP contribution in [0.2, 0.25) is 0 Å². The number of ether oxygens (including phenoxy) is 1. The lowest BCUT2D eigenvalue weighted by molar-refractivity contribution is 0.0689. The highest BCUT2D eigenvalue weighted by molar-refractivity contribution is 6.43. The maximum Gasteiger partial charge on any atom is 0.258 e. The first kappa shape index (κ1) is 20.6. The van der Waals surface area contributed by atoms with Crippen LogP contribution >= 0.6 is 11.6 Å². The highest BCUT2D eigenvalue weighted by Gasteiger charge is 2.33. The van der Waals surface area contributed by atoms with Crippen molar-refractivity contribution in [3.8, 4) is 5.75 Å². The summed E-state index contributed by atoms with van der Waals surface area (Å²) in [5.41, 5.74) is 2.86. The molecule has 0 spiro atoms. The van der Waals surface area contributed by atoms with E-state index in [4.69, 9.17) is 21.7 Å². The third-order valence-corrected chi connectivity index (χ3v) is 5.95. The Balaban J connectivity index is 1.56. The number of aliphatic hydroxyl groups excluding tert-OH is 1. The maximum absolute atomic E-state index is 13.2. The summed E-state index contributed by atoms with van der Waals surface area (Å²) in [5.74, 6) is 0.755. The third kappa shape index (κ3) is 3.86. The van der Waals surface area contributed by atoms with Crippen molar-refractivity contribution in [1.82, 2.24) is 15.5 Å². The van der Waals surface area contributed by atoms with Crippen molar-refractivity contribution in [2.24, 2.45) is 4.99 Å². The lowest BCUT2D eigenvalue weighted by atomic mass is 10.1. The molecule has 1 amide bonds. The first-order valence-corrected chi connectivity index (χ1v) is 10.2. The average Bonchev–Trinajstić information content (AvgIpc) is 3.31. The van der Waals surface area contributed by atoms with Crippen LogP contribution in [0.3, 0.4) is 0 Å². The van der Waals surface area contributed by atoms with Crippen LogP contribution in [0.15, 0.2) is 51.4 Å². The topological polar surface area (TPSA) is 110 Å². The van der Waals surface area contributed by atoms with Gasteiger partial charge in [0.05, 0.1) is 35.1 Å². The molecule has 2 saturated heterocycles. The fraction of sp³-hybridized carbons (Fsp3) is 0.381. The zero-order valence-corrected chi connectivity index (χ0v) is 17.6. The molecule has 0 radical (unpaired) electrons. The number of benzene rings is 1. The first-order chi connectivity index (χ1) is 14.3. The number of likely N-dealkylation sites (tertiary alicyclic amines) is 1. The highest BCUT2D eigenvalue weighted by Crippen LogP contribution is 2.27. The highest BCUT2D eigenvalue weighted by atomic mass is 35.5. The van der Waals surface area contributed by atoms with Crippen LogP contribution in [0, 0.1) is 5.41 Å². The number of nitrogens with one attached hydrogen (secondary N) is 3. The van der Waals surface area contributed by atoms with Crippen LogP contribution < -0.4 is 15.4 Å². The van der Waals surface area contributed by atoms with Crippen LogP contribution in [-0.2, 0) is 0 Å². The van der Waals surface area contributed by atoms with Crippen molar-refractivity contribution in [1.29, 1.82) is 5.41 Å². The van der Waals surface area contributed by atoms with Gasteiger partial charge in [0.2, 0.25) is 0 Å². The van der Waals surface area contributed by atoms with Gasteiger partial charge in [-0.05, 0) is 26.0 Å². The smallest absolute Gasteiger partial charge is 0.258 e. The minimum Gasteiger partial charge on any atom is -0.486 e. The van der Waals surface area contributed by atoms with E-state index in [0.717, 1.165) is 5.70 Å². The molecule has 158 valence electrons. The molecule has 3 heterocycles. The third-order valence-electron chi connectivity index (χ3n) is 5.39. The predicted molar refractivity (Wildman–Crippen MR) is 115 cm³/mol. The fourth-order valence-electron chi connectivity index (χ4n) is 3.72. The number of aliphatic imine (C=N–C) groups is 1. The van der Waals surface area contributed by atoms with E-state index in [1.54, 1.807) is 29.2 Å². The lowest BCUT2D eigenvalue weighted by Gasteiger charge is -2.21. The molecular weight excluding hydrogens is 406 g/mol. The number of β-amino-alcohol motifs (C(OH)–C–C–N with tert-alkyl or cyclic N) is 1. The second-order valence-corrected chi connectivity index (χ2v) is 7.98. The molecule has 30 heavy (non-hydrogen) atoms. The Morgan fingerprint density at radius 1 is 1.30 bits per heavy atom. The first-order valence-electron chi connectivity index (χ1n) is 9.79. The van der Waals surface area contributed by atoms with Gasteiger partial charge in [-0.3, -0.25) is 4.79 Å². The molecule has 9 heteroatoms. The molecule has 0 aliphatic carbocycles. The Bertz CT molecular complexity index is 1000. The monoisotopic (exact) mass is 429 g/mol. The van der Waals surface area contributed by atoms with Gasteiger partial charge in [0.1, 0.15) is 23.8 Å². The minimum atomic E-state index is -0.619. The SMILES string of the molecule is CC1=N/C(=C2\CN(C(=O)c3ccccc3O[C@H]3CNC[C@@H]3O)CC2=N)NC(C)=C1Cl. The molecule has 0 aromatic heterocycles. The van der Waals surface area contributed by atoms with E-state index in [1.807, 2.05) is 13.8 Å². The zero-order valence-electron chi connectivity index (χ0n) is 16.8. The van der Waals surface area contributed by atoms with Gasteiger partial charge in [-0.2, -0.15) is 0 Å². The number of hydrogen-bond donors (Lipinski definition) is 4. The van der Waals surface area contributed by atoms with Crippen LogP contribution in [0.25, 0.3) is 0 Å². The van der Waals surface area contributed by atoms with E-state index in [-0.39, 0.29) is 19.0 Å². The number of allylic oxidation sites excluding steroid dienone is 2. The standard InChI is InChI=1S/C21H24ClN5O3/c1-11-19(22)12(2)26-20(25-11)14-9-27(10-15(14)23)21(29)13-5-3-4-6-17(13)30-18-8-24-7-16(18)28/h3-6,16,18,23-25,28H,7-10H2,1-2H3/b20-14+,23-15?/t16-,18-/m0/s1. The second kappa shape index (κ2) is 8.22. The quantitative estimate of drug-likeness (QED) is 0.583. The Hall–Kier alpha value is -2.68. The van der Waals surface area contributed by atoms with E-state index in [2.05, 4.69) is 15.6 Å². The molecule has 2 fully saturated rings. The fourth-order valence-corrected chi connectivity index (χ4v) is 3.81. The predicted octanol–water partition coefficient (Wildman–Crippen LogP) is 1.62. The number of aliphatic hydroxyl groups is 1. The minimum absolute atomic E-state index is 0.187. The van der Waals surface area contributed by atoms with E-state index in [9.17, 15) is 9.90 Å². The van der Waals surface area contributed by atoms with E-state index in [1.165, 1.54) is 0 Å². The summed E-state index contributed by atoms with van der Waals surface area (Å²) in [6.45, 7) is 5.10. The van der Waals surface area contributed by atoms with E-state index >= 15 is 0 Å². The Morgan fingerprint density at radius 3 is 2.77 bits per heavy atom. The maximum atomic E-state index is 13.2. The summed E-state index contributed by atoms with van der Waals surface area (Å²) in [5, 5.41) is 25.2. The van der Waals surface area contributed by atoms with Gasteiger partial charge in [0, 0.05) is 24.4 Å². The molecule has 0 bridgehead atoms. The molecule has 0 unspecified atom stereocenters. The molecule has 1 aromatic rings. The van der Waals surface area contributed by atoms with Crippen LogP contribution in [0.4, 0.5) is 0 Å². The number of hydrogen-bond acceptors (Lipinski definition) is 7. The van der Waals surface area contributed by atoms with Crippen molar-refractivity contribution in [2.45, 2.75) is 26.1 Å². The average molecular weight is 430 g/mol. The number of para-hydroxylation sites is 1. The van der Waals surface area contributed by atoms with Gasteiger partial charge in [0.15, 0.2) is 0 Å². The number of rotatable bonds is 3. The molecule has 0 saturated carbocycles. The van der Waals surface area contributed by atoms with Gasteiger partial charge in [-0.1, -0.05) is 23.7 Å². The second-order valence-electron chi connectivity index (χ2n) is 7.61. The Labute approximate surface area is 179 Å². The van der Waals surface area contributed by atoms with Crippen LogP contribution in [0.1, 0.15) is 24.2 Å². The number of carbonyl (C=O) groups is 1. The molecule has 4 N–H and O–H groups in total. The normalized spacial score (nSPS) is 26.7. The van der Waals surface area contributed by atoms with Gasteiger partial charge < -0.3 is 30.8 Å². The number of nitrogens with zero attached hydrogens (tertiary/aromatic N) is 2. The Kier molecular flexibility index (Phi) is 5.64. The summed E-state index contributed by atoms with van der Waals surface area (Å²) in [7, 11) is 0. The molecule has 8 nitrogen and oxygen atoms in total. The van der Waals surface area contributed by atoms with Crippen LogP contribution in [-0.4, -0.2) is 65.7 Å². The summed E-state index contributed by atoms with van der Waals surface area (Å²) in [6, 6.07) is 7.00. The molecule has 4 rings (SSSR count). The van der Waals surface area contributed by atoms with Crippen molar-refractivity contribution >= 4 is 28.9 Å². The summed E-state index contributed by atoms with van der Waals surface area (Å²) >= 11 is 6.19. The van der Waals surface area contributed by atoms with Crippen molar-refractivity contribution in [2.75, 3.05) is 26.2 Å². The summed E-state index contributed by atoms with van der Waals surface area (Å²) in [4.78, 5) is 19.3. The summed E-state index contributed by atoms with van der Waals surface area (Å²) < 4.78 is 5.93. The molecule has 3 aliphatic heterocycles. The molecule has 2 atom stereocenters. The van der Waals surface area contributed by atoms with Crippen LogP contribution in [0.5, 0.6) is 5.75 Å². The lowest BCUT2D eigenvalue weighted by Crippen LogP contribution is -2.32. The molecular formula is C21H24ClN5O3. The van der Waals surface area contributed by atoms with Gasteiger partial charge in [-0.15, -0.1) is 0 Å². The molecule has 3 aliphatic rings. The summed E-state index contributed by atoms with van der Waals surface area (Å²) in [6.07, 6.45) is -1.03. The van der Waals surface area contributed by atoms with Crippen molar-refractivity contribution < 1.29 is 14.6 Å². The number of halogens is 1. The molecule has 1 aromatic carbocycles. The zero-order chi connectivity index (χ0) is 21.4. The van der Waals surface area contributed by atoms with Gasteiger partial charge >= 0.3 is 0 Å². The largest absolute Gasteiger partial charge is 0.486 e. The van der Waals surface area contributed by atoms with Gasteiger partial charge in [0.25, 0.3) is 5.91 Å². The van der Waals surface area contributed by atoms with Crippen molar-refractivity contribution in [3.63, 3.8) is 0 Å².